The van der Waals surface area contributed by atoms with E-state index in [1.165, 1.54) is 0 Å². The summed E-state index contributed by atoms with van der Waals surface area (Å²) in [4.78, 5) is 13.9. The van der Waals surface area contributed by atoms with Crippen LogP contribution in [0.5, 0.6) is 5.75 Å². The zero-order valence-corrected chi connectivity index (χ0v) is 11.0. The van der Waals surface area contributed by atoms with Gasteiger partial charge in [-0.15, -0.1) is 0 Å². The molecule has 1 atom stereocenters. The van der Waals surface area contributed by atoms with Gasteiger partial charge in [-0.25, -0.2) is 4.79 Å². The van der Waals surface area contributed by atoms with Crippen molar-refractivity contribution in [2.75, 3.05) is 11.4 Å². The zero-order chi connectivity index (χ0) is 13.9. The molecule has 1 unspecified atom stereocenters. The third-order valence-corrected chi connectivity index (χ3v) is 3.46. The lowest BCUT2D eigenvalue weighted by Crippen LogP contribution is -2.40. The molecule has 0 bridgehead atoms. The second-order valence-electron chi connectivity index (χ2n) is 4.79. The smallest absolute Gasteiger partial charge is 0.410 e. The van der Waals surface area contributed by atoms with E-state index in [0.29, 0.717) is 12.3 Å². The average Bonchev–Trinajstić information content (AvgIpc) is 2.49. The van der Waals surface area contributed by atoms with Crippen LogP contribution in [-0.4, -0.2) is 12.6 Å². The molecule has 3 rings (SSSR count). The number of benzene rings is 2. The largest absolute Gasteiger partial charge is 0.419 e. The van der Waals surface area contributed by atoms with E-state index in [-0.39, 0.29) is 12.1 Å². The van der Waals surface area contributed by atoms with Gasteiger partial charge in [0, 0.05) is 12.6 Å². The van der Waals surface area contributed by atoms with Gasteiger partial charge in [0.15, 0.2) is 0 Å². The highest BCUT2D eigenvalue weighted by Gasteiger charge is 2.27. The third-order valence-electron chi connectivity index (χ3n) is 3.46. The first kappa shape index (κ1) is 12.7. The van der Waals surface area contributed by atoms with Gasteiger partial charge in [0.2, 0.25) is 0 Å². The highest BCUT2D eigenvalue weighted by atomic mass is 16.6. The van der Waals surface area contributed by atoms with E-state index in [1.54, 1.807) is 17.0 Å². The molecule has 2 N–H and O–H groups in total. The fourth-order valence-corrected chi connectivity index (χ4v) is 2.43. The summed E-state index contributed by atoms with van der Waals surface area (Å²) in [6.45, 7) is 0.573. The molecular weight excluding hydrogens is 252 g/mol. The molecule has 4 heteroatoms. The molecule has 0 saturated carbocycles. The highest BCUT2D eigenvalue weighted by molar-refractivity contribution is 5.90. The van der Waals surface area contributed by atoms with Crippen molar-refractivity contribution in [2.45, 2.75) is 12.5 Å². The normalized spacial score (nSPS) is 17.4. The summed E-state index contributed by atoms with van der Waals surface area (Å²) in [5.41, 5.74) is 7.91. The Morgan fingerprint density at radius 1 is 1.10 bits per heavy atom. The first-order chi connectivity index (χ1) is 9.75. The molecule has 1 aliphatic heterocycles. The molecule has 0 aliphatic carbocycles. The molecule has 0 saturated heterocycles. The van der Waals surface area contributed by atoms with Crippen molar-refractivity contribution in [3.63, 3.8) is 0 Å². The fraction of sp³-hybridized carbons (Fsp3) is 0.188. The first-order valence-electron chi connectivity index (χ1n) is 6.64. The molecule has 0 radical (unpaired) electrons. The number of ether oxygens (including phenoxy) is 1. The first-order valence-corrected chi connectivity index (χ1v) is 6.64. The standard InChI is InChI=1S/C16H16N2O2/c17-14-10-11-18(15-9-5-4-8-13(14)15)16(19)20-12-6-2-1-3-7-12/h1-9,14H,10-11,17H2. The average molecular weight is 268 g/mol. The van der Waals surface area contributed by atoms with Crippen LogP contribution in [-0.2, 0) is 0 Å². The summed E-state index contributed by atoms with van der Waals surface area (Å²) < 4.78 is 5.39. The summed E-state index contributed by atoms with van der Waals surface area (Å²) in [6.07, 6.45) is 0.372. The van der Waals surface area contributed by atoms with Gasteiger partial charge >= 0.3 is 6.09 Å². The predicted molar refractivity (Wildman–Crippen MR) is 77.8 cm³/mol. The maximum absolute atomic E-state index is 12.3. The fourth-order valence-electron chi connectivity index (χ4n) is 2.43. The van der Waals surface area contributed by atoms with E-state index in [1.807, 2.05) is 42.5 Å². The number of nitrogens with zero attached hydrogens (tertiary/aromatic N) is 1. The lowest BCUT2D eigenvalue weighted by Gasteiger charge is -2.31. The SMILES string of the molecule is NC1CCN(C(=O)Oc2ccccc2)c2ccccc21. The Balaban J connectivity index is 1.84. The van der Waals surface area contributed by atoms with Crippen molar-refractivity contribution in [1.29, 1.82) is 0 Å². The lowest BCUT2D eigenvalue weighted by molar-refractivity contribution is 0.206. The van der Waals surface area contributed by atoms with Gasteiger partial charge in [0.05, 0.1) is 5.69 Å². The van der Waals surface area contributed by atoms with Crippen LogP contribution in [0.25, 0.3) is 0 Å². The Kier molecular flexibility index (Phi) is 3.39. The van der Waals surface area contributed by atoms with E-state index in [9.17, 15) is 4.79 Å². The van der Waals surface area contributed by atoms with Crippen molar-refractivity contribution < 1.29 is 9.53 Å². The molecule has 20 heavy (non-hydrogen) atoms. The molecular formula is C16H16N2O2. The van der Waals surface area contributed by atoms with Crippen LogP contribution in [0, 0.1) is 0 Å². The van der Waals surface area contributed by atoms with Gasteiger partial charge in [0.25, 0.3) is 0 Å². The van der Waals surface area contributed by atoms with Gasteiger partial charge in [-0.05, 0) is 30.2 Å². The third kappa shape index (κ3) is 2.38. The van der Waals surface area contributed by atoms with E-state index in [4.69, 9.17) is 10.5 Å². The van der Waals surface area contributed by atoms with Crippen molar-refractivity contribution in [3.05, 3.63) is 60.2 Å². The summed E-state index contributed by atoms with van der Waals surface area (Å²) in [5, 5.41) is 0. The molecule has 102 valence electrons. The zero-order valence-electron chi connectivity index (χ0n) is 11.0. The molecule has 1 aliphatic rings. The molecule has 1 heterocycles. The summed E-state index contributed by atoms with van der Waals surface area (Å²) >= 11 is 0. The number of para-hydroxylation sites is 2. The van der Waals surface area contributed by atoms with Gasteiger partial charge in [-0.1, -0.05) is 36.4 Å². The number of nitrogens with two attached hydrogens (primary N) is 1. The number of hydrogen-bond acceptors (Lipinski definition) is 3. The monoisotopic (exact) mass is 268 g/mol. The molecule has 0 aromatic heterocycles. The van der Waals surface area contributed by atoms with Crippen LogP contribution < -0.4 is 15.4 Å². The number of amides is 1. The minimum absolute atomic E-state index is 0.0213. The van der Waals surface area contributed by atoms with Crippen molar-refractivity contribution in [2.24, 2.45) is 5.73 Å². The van der Waals surface area contributed by atoms with Crippen LogP contribution >= 0.6 is 0 Å². The molecule has 0 spiro atoms. The number of carbonyl (C=O) groups excluding carboxylic acids is 1. The maximum Gasteiger partial charge on any atom is 0.419 e. The van der Waals surface area contributed by atoms with Crippen molar-refractivity contribution in [1.82, 2.24) is 0 Å². The Hall–Kier alpha value is -2.33. The second-order valence-corrected chi connectivity index (χ2v) is 4.79. The highest BCUT2D eigenvalue weighted by Crippen LogP contribution is 2.32. The molecule has 0 fully saturated rings. The van der Waals surface area contributed by atoms with E-state index < -0.39 is 0 Å². The van der Waals surface area contributed by atoms with Gasteiger partial charge in [0.1, 0.15) is 5.75 Å². The minimum Gasteiger partial charge on any atom is -0.410 e. The Morgan fingerprint density at radius 3 is 2.60 bits per heavy atom. The number of rotatable bonds is 1. The maximum atomic E-state index is 12.3. The molecule has 2 aromatic carbocycles. The van der Waals surface area contributed by atoms with Crippen LogP contribution in [0.3, 0.4) is 0 Å². The summed E-state index contributed by atoms with van der Waals surface area (Å²) in [6, 6.07) is 16.8. The predicted octanol–water partition coefficient (Wildman–Crippen LogP) is 3.10. The number of carbonyl (C=O) groups is 1. The molecule has 4 nitrogen and oxygen atoms in total. The second kappa shape index (κ2) is 5.35. The van der Waals surface area contributed by atoms with E-state index >= 15 is 0 Å². The van der Waals surface area contributed by atoms with E-state index in [2.05, 4.69) is 0 Å². The number of anilines is 1. The van der Waals surface area contributed by atoms with E-state index in [0.717, 1.165) is 17.7 Å². The minimum atomic E-state index is -0.365. The Labute approximate surface area is 117 Å². The summed E-state index contributed by atoms with van der Waals surface area (Å²) in [5.74, 6) is 0.546. The van der Waals surface area contributed by atoms with Gasteiger partial charge in [-0.2, -0.15) is 0 Å². The molecule has 2 aromatic rings. The van der Waals surface area contributed by atoms with Crippen LogP contribution in [0.1, 0.15) is 18.0 Å². The van der Waals surface area contributed by atoms with Gasteiger partial charge < -0.3 is 10.5 Å². The summed E-state index contributed by atoms with van der Waals surface area (Å²) in [7, 11) is 0. The molecule has 1 amide bonds. The van der Waals surface area contributed by atoms with Crippen LogP contribution in [0.15, 0.2) is 54.6 Å². The van der Waals surface area contributed by atoms with Gasteiger partial charge in [-0.3, -0.25) is 4.90 Å². The van der Waals surface area contributed by atoms with Crippen LogP contribution in [0.2, 0.25) is 0 Å². The Morgan fingerprint density at radius 2 is 1.80 bits per heavy atom. The Bertz CT molecular complexity index is 613. The lowest BCUT2D eigenvalue weighted by atomic mass is 9.98. The quantitative estimate of drug-likeness (QED) is 0.864. The van der Waals surface area contributed by atoms with Crippen LogP contribution in [0.4, 0.5) is 10.5 Å². The topological polar surface area (TPSA) is 55.6 Å². The number of fused-ring (bicyclic) bond motifs is 1. The van der Waals surface area contributed by atoms with Crippen molar-refractivity contribution in [3.8, 4) is 5.75 Å². The number of hydrogen-bond donors (Lipinski definition) is 1. The van der Waals surface area contributed by atoms with Crippen molar-refractivity contribution >= 4 is 11.8 Å².